The number of nitrogens with one attached hydrogen (secondary N) is 3. The van der Waals surface area contributed by atoms with Gasteiger partial charge in [0.15, 0.2) is 11.0 Å². The van der Waals surface area contributed by atoms with Crippen LogP contribution in [0.2, 0.25) is 0 Å². The van der Waals surface area contributed by atoms with E-state index in [2.05, 4.69) is 78.7 Å². The molecule has 0 aliphatic heterocycles. The van der Waals surface area contributed by atoms with E-state index in [1.165, 1.54) is 15.3 Å². The Morgan fingerprint density at radius 2 is 1.92 bits per heavy atom. The van der Waals surface area contributed by atoms with Gasteiger partial charge in [0.05, 0.1) is 18.0 Å². The van der Waals surface area contributed by atoms with Gasteiger partial charge in [-0.25, -0.2) is 5.43 Å². The number of hydrogen-bond donors (Lipinski definition) is 3. The predicted molar refractivity (Wildman–Crippen MR) is 162 cm³/mol. The van der Waals surface area contributed by atoms with Crippen LogP contribution in [0.25, 0.3) is 16.6 Å². The minimum Gasteiger partial charge on any atom is -0.378 e. The SMILES string of the molecule is Cc1cc(I)ccc1NCc1nnc(S[C@H](C)C(=O)N/N=C/c2c[nH]c3ccccc23)n1-c1ccccc1. The van der Waals surface area contributed by atoms with E-state index in [-0.39, 0.29) is 5.91 Å². The summed E-state index contributed by atoms with van der Waals surface area (Å²) in [5, 5.41) is 17.8. The van der Waals surface area contributed by atoms with Crippen molar-refractivity contribution in [3.63, 3.8) is 0 Å². The van der Waals surface area contributed by atoms with Crippen molar-refractivity contribution in [1.82, 2.24) is 25.2 Å². The van der Waals surface area contributed by atoms with Gasteiger partial charge in [-0.1, -0.05) is 48.2 Å². The number of anilines is 1. The Balaban J connectivity index is 1.30. The number of nitrogens with zero attached hydrogens (tertiary/aromatic N) is 4. The molecule has 5 rings (SSSR count). The summed E-state index contributed by atoms with van der Waals surface area (Å²) < 4.78 is 3.17. The van der Waals surface area contributed by atoms with Crippen molar-refractivity contribution in [2.45, 2.75) is 30.8 Å². The number of carbonyl (C=O) groups excluding carboxylic acids is 1. The Bertz CT molecular complexity index is 1600. The lowest BCUT2D eigenvalue weighted by Gasteiger charge is -2.14. The predicted octanol–water partition coefficient (Wildman–Crippen LogP) is 5.90. The Hall–Kier alpha value is -3.64. The number of halogens is 1. The second-order valence-electron chi connectivity index (χ2n) is 8.67. The zero-order valence-corrected chi connectivity index (χ0v) is 23.8. The number of thioether (sulfide) groups is 1. The molecule has 0 bridgehead atoms. The van der Waals surface area contributed by atoms with Gasteiger partial charge in [-0.05, 0) is 78.4 Å². The topological polar surface area (TPSA) is 100.0 Å². The summed E-state index contributed by atoms with van der Waals surface area (Å²) >= 11 is 3.65. The Kier molecular flexibility index (Phi) is 8.08. The van der Waals surface area contributed by atoms with E-state index in [0.717, 1.165) is 39.2 Å². The van der Waals surface area contributed by atoms with Gasteiger partial charge in [0.25, 0.3) is 5.91 Å². The van der Waals surface area contributed by atoms with E-state index in [0.29, 0.717) is 11.7 Å². The van der Waals surface area contributed by atoms with E-state index < -0.39 is 5.25 Å². The number of benzene rings is 3. The van der Waals surface area contributed by atoms with E-state index in [1.807, 2.05) is 72.3 Å². The standard InChI is InChI=1S/C28H26IN7OS/c1-18-14-21(29)12-13-24(18)31-17-26-33-35-28(36(26)22-8-4-3-5-9-22)38-19(2)27(37)34-32-16-20-15-30-25-11-7-6-10-23(20)25/h3-16,19,30-31H,17H2,1-2H3,(H,34,37)/b32-16+/t19-/m1/s1. The number of aromatic amines is 1. The number of fused-ring (bicyclic) bond motifs is 1. The molecule has 0 aliphatic carbocycles. The molecular formula is C28H26IN7OS. The molecule has 0 fully saturated rings. The molecule has 0 aliphatic rings. The van der Waals surface area contributed by atoms with Crippen LogP contribution in [0.1, 0.15) is 23.9 Å². The van der Waals surface area contributed by atoms with E-state index in [4.69, 9.17) is 0 Å². The number of hydrazone groups is 1. The third kappa shape index (κ3) is 5.91. The largest absolute Gasteiger partial charge is 0.378 e. The number of para-hydroxylation sites is 2. The highest BCUT2D eigenvalue weighted by molar-refractivity contribution is 14.1. The summed E-state index contributed by atoms with van der Waals surface area (Å²) in [6, 6.07) is 24.1. The number of aromatic nitrogens is 4. The number of hydrogen-bond acceptors (Lipinski definition) is 6. The normalized spacial score (nSPS) is 12.2. The first-order valence-electron chi connectivity index (χ1n) is 12.0. The fraction of sp³-hybridized carbons (Fsp3) is 0.143. The van der Waals surface area contributed by atoms with Gasteiger partial charge in [-0.15, -0.1) is 10.2 Å². The Morgan fingerprint density at radius 1 is 1.13 bits per heavy atom. The quantitative estimate of drug-likeness (QED) is 0.0811. The molecule has 5 aromatic rings. The molecule has 3 aromatic carbocycles. The van der Waals surface area contributed by atoms with Crippen LogP contribution < -0.4 is 10.7 Å². The lowest BCUT2D eigenvalue weighted by molar-refractivity contribution is -0.120. The number of rotatable bonds is 9. The zero-order chi connectivity index (χ0) is 26.5. The molecule has 0 unspecified atom stereocenters. The lowest BCUT2D eigenvalue weighted by Crippen LogP contribution is -2.27. The lowest BCUT2D eigenvalue weighted by atomic mass is 10.2. The van der Waals surface area contributed by atoms with Crippen molar-refractivity contribution >= 4 is 63.1 Å². The molecule has 0 spiro atoms. The maximum absolute atomic E-state index is 12.8. The minimum absolute atomic E-state index is 0.220. The van der Waals surface area contributed by atoms with Crippen LogP contribution in [0.4, 0.5) is 5.69 Å². The molecule has 1 amide bonds. The highest BCUT2D eigenvalue weighted by Gasteiger charge is 2.21. The van der Waals surface area contributed by atoms with Gasteiger partial charge in [-0.3, -0.25) is 9.36 Å². The van der Waals surface area contributed by atoms with Gasteiger partial charge >= 0.3 is 0 Å². The molecule has 10 heteroatoms. The van der Waals surface area contributed by atoms with Crippen molar-refractivity contribution in [3.8, 4) is 5.69 Å². The first-order valence-corrected chi connectivity index (χ1v) is 14.0. The van der Waals surface area contributed by atoms with Gasteiger partial charge in [-0.2, -0.15) is 5.10 Å². The number of amides is 1. The third-order valence-corrected chi connectivity index (χ3v) is 7.70. The van der Waals surface area contributed by atoms with Gasteiger partial charge in [0.1, 0.15) is 0 Å². The summed E-state index contributed by atoms with van der Waals surface area (Å²) in [5.74, 6) is 0.532. The average molecular weight is 636 g/mol. The summed E-state index contributed by atoms with van der Waals surface area (Å²) in [6.07, 6.45) is 3.52. The molecule has 2 heterocycles. The molecular weight excluding hydrogens is 609 g/mol. The van der Waals surface area contributed by atoms with Crippen LogP contribution in [-0.2, 0) is 11.3 Å². The van der Waals surface area contributed by atoms with Crippen LogP contribution in [0.5, 0.6) is 0 Å². The molecule has 0 saturated heterocycles. The highest BCUT2D eigenvalue weighted by atomic mass is 127. The van der Waals surface area contributed by atoms with Crippen LogP contribution in [0.3, 0.4) is 0 Å². The van der Waals surface area contributed by atoms with Crippen molar-refractivity contribution in [3.05, 3.63) is 99.5 Å². The van der Waals surface area contributed by atoms with Crippen molar-refractivity contribution in [2.24, 2.45) is 5.10 Å². The average Bonchev–Trinajstić information content (AvgIpc) is 3.52. The summed E-state index contributed by atoms with van der Waals surface area (Å²) in [7, 11) is 0. The molecule has 8 nitrogen and oxygen atoms in total. The van der Waals surface area contributed by atoms with Gasteiger partial charge < -0.3 is 10.3 Å². The summed E-state index contributed by atoms with van der Waals surface area (Å²) in [4.78, 5) is 16.0. The first-order chi connectivity index (χ1) is 18.5. The minimum atomic E-state index is -0.443. The maximum Gasteiger partial charge on any atom is 0.253 e. The zero-order valence-electron chi connectivity index (χ0n) is 20.9. The number of aryl methyl sites for hydroxylation is 1. The van der Waals surface area contributed by atoms with E-state index in [9.17, 15) is 4.79 Å². The fourth-order valence-electron chi connectivity index (χ4n) is 4.00. The Labute approximate surface area is 238 Å². The second-order valence-corrected chi connectivity index (χ2v) is 11.2. The summed E-state index contributed by atoms with van der Waals surface area (Å²) in [6.45, 7) is 4.40. The highest BCUT2D eigenvalue weighted by Crippen LogP contribution is 2.27. The van der Waals surface area contributed by atoms with Crippen LogP contribution in [0, 0.1) is 10.5 Å². The maximum atomic E-state index is 12.8. The van der Waals surface area contributed by atoms with Gasteiger partial charge in [0.2, 0.25) is 0 Å². The van der Waals surface area contributed by atoms with E-state index >= 15 is 0 Å². The molecule has 192 valence electrons. The number of carbonyl (C=O) groups is 1. The Morgan fingerprint density at radius 3 is 2.74 bits per heavy atom. The van der Waals surface area contributed by atoms with Crippen LogP contribution in [0.15, 0.2) is 89.3 Å². The van der Waals surface area contributed by atoms with Crippen molar-refractivity contribution < 1.29 is 4.79 Å². The van der Waals surface area contributed by atoms with Crippen LogP contribution in [-0.4, -0.2) is 37.1 Å². The molecule has 38 heavy (non-hydrogen) atoms. The molecule has 2 aromatic heterocycles. The molecule has 1 atom stereocenters. The summed E-state index contributed by atoms with van der Waals surface area (Å²) in [5.41, 5.74) is 7.72. The smallest absolute Gasteiger partial charge is 0.253 e. The second kappa shape index (κ2) is 11.8. The molecule has 0 radical (unpaired) electrons. The van der Waals surface area contributed by atoms with Crippen molar-refractivity contribution in [2.75, 3.05) is 5.32 Å². The molecule has 3 N–H and O–H groups in total. The van der Waals surface area contributed by atoms with Crippen molar-refractivity contribution in [1.29, 1.82) is 0 Å². The van der Waals surface area contributed by atoms with Crippen LogP contribution >= 0.6 is 34.4 Å². The van der Waals surface area contributed by atoms with Gasteiger partial charge in [0, 0.05) is 37.6 Å². The van der Waals surface area contributed by atoms with E-state index in [1.54, 1.807) is 6.21 Å². The monoisotopic (exact) mass is 635 g/mol. The number of H-pyrrole nitrogens is 1. The third-order valence-electron chi connectivity index (χ3n) is 5.99. The molecule has 0 saturated carbocycles. The first kappa shape index (κ1) is 26.0. The fourth-order valence-corrected chi connectivity index (χ4v) is 5.52.